The number of aliphatic hydroxyl groups is 1. The van der Waals surface area contributed by atoms with Crippen LogP contribution in [0.5, 0.6) is 17.2 Å². The Labute approximate surface area is 290 Å². The number of hydrogen-bond donors (Lipinski definition) is 1. The van der Waals surface area contributed by atoms with Gasteiger partial charge in [0.1, 0.15) is 11.5 Å². The van der Waals surface area contributed by atoms with Crippen LogP contribution in [0, 0.1) is 12.8 Å². The zero-order valence-corrected chi connectivity index (χ0v) is 29.5. The number of carbonyl (C=O) groups is 2. The highest BCUT2D eigenvalue weighted by atomic mass is 32.2. The monoisotopic (exact) mass is 687 g/mol. The molecule has 0 spiro atoms. The van der Waals surface area contributed by atoms with Crippen LogP contribution in [-0.2, 0) is 15.3 Å². The first-order valence-corrected chi connectivity index (χ1v) is 18.0. The average molecular weight is 688 g/mol. The zero-order chi connectivity index (χ0) is 34.2. The van der Waals surface area contributed by atoms with Crippen molar-refractivity contribution in [2.75, 3.05) is 24.7 Å². The smallest absolute Gasteiger partial charge is 0.301 e. The lowest BCUT2D eigenvalue weighted by atomic mass is 9.95. The number of amides is 1. The van der Waals surface area contributed by atoms with Gasteiger partial charge in [-0.25, -0.2) is 0 Å². The number of aryl methyl sites for hydroxylation is 1. The number of ketones is 1. The molecule has 9 nitrogen and oxygen atoms in total. The molecule has 1 aliphatic rings. The first-order valence-electron chi connectivity index (χ1n) is 16.2. The largest absolute Gasteiger partial charge is 0.507 e. The second-order valence-corrected chi connectivity index (χ2v) is 14.0. The van der Waals surface area contributed by atoms with E-state index in [9.17, 15) is 14.7 Å². The fraction of sp³-hybridized carbons (Fsp3) is 0.351. The Morgan fingerprint density at radius 2 is 1.69 bits per heavy atom. The molecule has 1 fully saturated rings. The molecule has 252 valence electrons. The Balaban J connectivity index is 1.54. The normalized spacial score (nSPS) is 15.7. The number of Topliss-reactive ketones (excluding diaryl/α,β-unsaturated/α-hetero) is 1. The molecule has 2 heterocycles. The van der Waals surface area contributed by atoms with Gasteiger partial charge in [0.15, 0.2) is 15.8 Å². The molecule has 1 N–H and O–H groups in total. The summed E-state index contributed by atoms with van der Waals surface area (Å²) in [5.41, 5.74) is 3.20. The van der Waals surface area contributed by atoms with Crippen molar-refractivity contribution >= 4 is 45.7 Å². The van der Waals surface area contributed by atoms with E-state index in [4.69, 9.17) is 14.2 Å². The van der Waals surface area contributed by atoms with Gasteiger partial charge in [-0.05, 0) is 80.1 Å². The van der Waals surface area contributed by atoms with Crippen molar-refractivity contribution in [2.24, 2.45) is 5.92 Å². The molecule has 1 saturated heterocycles. The van der Waals surface area contributed by atoms with E-state index in [0.29, 0.717) is 64.2 Å². The van der Waals surface area contributed by atoms with Gasteiger partial charge in [0, 0.05) is 11.3 Å². The van der Waals surface area contributed by atoms with Crippen molar-refractivity contribution in [3.05, 3.63) is 94.6 Å². The number of rotatable bonds is 15. The summed E-state index contributed by atoms with van der Waals surface area (Å²) >= 11 is 2.73. The predicted octanol–water partition coefficient (Wildman–Crippen LogP) is 8.38. The molecular weight excluding hydrogens is 647 g/mol. The molecule has 1 unspecified atom stereocenters. The van der Waals surface area contributed by atoms with Gasteiger partial charge in [-0.3, -0.25) is 14.5 Å². The predicted molar refractivity (Wildman–Crippen MR) is 190 cm³/mol. The van der Waals surface area contributed by atoms with E-state index in [2.05, 4.69) is 48.3 Å². The number of ether oxygens (including phenoxy) is 3. The molecule has 1 aromatic heterocycles. The van der Waals surface area contributed by atoms with E-state index in [1.807, 2.05) is 20.8 Å². The molecule has 3 aromatic carbocycles. The maximum Gasteiger partial charge on any atom is 0.301 e. The molecule has 1 amide bonds. The van der Waals surface area contributed by atoms with Crippen LogP contribution in [0.4, 0.5) is 5.13 Å². The van der Waals surface area contributed by atoms with E-state index in [1.54, 1.807) is 42.5 Å². The van der Waals surface area contributed by atoms with E-state index in [1.165, 1.54) is 33.6 Å². The van der Waals surface area contributed by atoms with Crippen molar-refractivity contribution < 1.29 is 28.9 Å². The molecule has 0 aliphatic carbocycles. The van der Waals surface area contributed by atoms with Crippen molar-refractivity contribution in [3.63, 3.8) is 0 Å². The van der Waals surface area contributed by atoms with Crippen molar-refractivity contribution in [1.82, 2.24) is 10.2 Å². The molecule has 1 aliphatic heterocycles. The summed E-state index contributed by atoms with van der Waals surface area (Å²) < 4.78 is 18.4. The summed E-state index contributed by atoms with van der Waals surface area (Å²) in [6.45, 7) is 11.7. The minimum absolute atomic E-state index is 0.0535. The number of anilines is 1. The van der Waals surface area contributed by atoms with Crippen LogP contribution in [0.25, 0.3) is 5.76 Å². The Bertz CT molecular complexity index is 1750. The van der Waals surface area contributed by atoms with Crippen molar-refractivity contribution in [2.45, 2.75) is 63.6 Å². The highest BCUT2D eigenvalue weighted by molar-refractivity contribution is 8.00. The van der Waals surface area contributed by atoms with Crippen LogP contribution in [0.15, 0.2) is 76.6 Å². The molecule has 5 rings (SSSR count). The van der Waals surface area contributed by atoms with Gasteiger partial charge >= 0.3 is 5.91 Å². The Hall–Kier alpha value is -4.35. The minimum atomic E-state index is -0.993. The van der Waals surface area contributed by atoms with Gasteiger partial charge in [-0.2, -0.15) is 0 Å². The molecule has 4 aromatic rings. The third-order valence-corrected chi connectivity index (χ3v) is 9.79. The first-order chi connectivity index (χ1) is 23.2. The van der Waals surface area contributed by atoms with Gasteiger partial charge in [-0.15, -0.1) is 10.2 Å². The highest BCUT2D eigenvalue weighted by Gasteiger charge is 2.48. The summed E-state index contributed by atoms with van der Waals surface area (Å²) in [6.07, 6.45) is 1.73. The highest BCUT2D eigenvalue weighted by Crippen LogP contribution is 2.46. The number of aliphatic hydroxyl groups excluding tert-OH is 1. The summed E-state index contributed by atoms with van der Waals surface area (Å²) in [5.74, 6) is 0.916. The summed E-state index contributed by atoms with van der Waals surface area (Å²) in [6, 6.07) is 19.4. The van der Waals surface area contributed by atoms with Crippen LogP contribution in [0.3, 0.4) is 0 Å². The van der Waals surface area contributed by atoms with Gasteiger partial charge in [0.05, 0.1) is 31.4 Å². The van der Waals surface area contributed by atoms with E-state index in [0.717, 1.165) is 18.4 Å². The number of hydrogen-bond acceptors (Lipinski definition) is 10. The quantitative estimate of drug-likeness (QED) is 0.0433. The van der Waals surface area contributed by atoms with E-state index >= 15 is 0 Å². The number of benzene rings is 3. The number of carbonyl (C=O) groups excluding carboxylic acids is 2. The number of aromatic nitrogens is 2. The molecule has 11 heteroatoms. The topological polar surface area (TPSA) is 111 Å². The van der Waals surface area contributed by atoms with Gasteiger partial charge in [0.25, 0.3) is 5.78 Å². The standard InChI is InChI=1S/C37H41N3O6S2/c1-6-19-45-28-15-12-26(13-16-28)33(41)31-32(27-14-17-29(30(21-27)44-7-2)46-20-18-23(3)4)40(35(43)34(31)42)36-38-39-37(48-36)47-22-25-10-8-24(5)9-11-25/h8-17,21,23,32,41H,6-7,18-20,22H2,1-5H3/b33-31+. The molecule has 48 heavy (non-hydrogen) atoms. The maximum atomic E-state index is 13.8. The SMILES string of the molecule is CCCOc1ccc(/C(O)=C2\C(=O)C(=O)N(c3nnc(SCc4ccc(C)cc4)s3)C2c2ccc(OCCC(C)C)c(OCC)c2)cc1. The Morgan fingerprint density at radius 1 is 0.938 bits per heavy atom. The fourth-order valence-electron chi connectivity index (χ4n) is 5.10. The molecule has 0 bridgehead atoms. The van der Waals surface area contributed by atoms with Crippen LogP contribution >= 0.6 is 23.1 Å². The second kappa shape index (κ2) is 16.2. The zero-order valence-electron chi connectivity index (χ0n) is 27.9. The molecular formula is C37H41N3O6S2. The Morgan fingerprint density at radius 3 is 2.38 bits per heavy atom. The van der Waals surface area contributed by atoms with Crippen molar-refractivity contribution in [3.8, 4) is 17.2 Å². The lowest BCUT2D eigenvalue weighted by Gasteiger charge is -2.24. The summed E-state index contributed by atoms with van der Waals surface area (Å²) in [5, 5.41) is 20.6. The lowest BCUT2D eigenvalue weighted by Crippen LogP contribution is -2.29. The first kappa shape index (κ1) is 35.0. The number of nitrogens with zero attached hydrogens (tertiary/aromatic N) is 3. The lowest BCUT2D eigenvalue weighted by molar-refractivity contribution is -0.132. The Kier molecular flexibility index (Phi) is 11.8. The maximum absolute atomic E-state index is 13.8. The number of thioether (sulfide) groups is 1. The third kappa shape index (κ3) is 8.19. The van der Waals surface area contributed by atoms with Crippen LogP contribution < -0.4 is 19.1 Å². The third-order valence-electron chi connectivity index (χ3n) is 7.67. The molecule has 1 atom stereocenters. The van der Waals surface area contributed by atoms with Crippen LogP contribution in [0.2, 0.25) is 0 Å². The fourth-order valence-corrected chi connectivity index (χ4v) is 6.93. The molecule has 0 radical (unpaired) electrons. The van der Waals surface area contributed by atoms with Gasteiger partial charge in [-0.1, -0.05) is 79.8 Å². The van der Waals surface area contributed by atoms with Gasteiger partial charge in [0.2, 0.25) is 5.13 Å². The summed E-state index contributed by atoms with van der Waals surface area (Å²) in [4.78, 5) is 28.9. The second-order valence-electron chi connectivity index (χ2n) is 11.8. The van der Waals surface area contributed by atoms with Crippen LogP contribution in [-0.4, -0.2) is 46.8 Å². The van der Waals surface area contributed by atoms with Gasteiger partial charge < -0.3 is 19.3 Å². The van der Waals surface area contributed by atoms with Crippen molar-refractivity contribution in [1.29, 1.82) is 0 Å². The van der Waals surface area contributed by atoms with E-state index < -0.39 is 17.7 Å². The summed E-state index contributed by atoms with van der Waals surface area (Å²) in [7, 11) is 0. The average Bonchev–Trinajstić information content (AvgIpc) is 3.65. The molecule has 0 saturated carbocycles. The van der Waals surface area contributed by atoms with E-state index in [-0.39, 0.29) is 16.5 Å². The van der Waals surface area contributed by atoms with Crippen LogP contribution in [0.1, 0.15) is 68.8 Å². The minimum Gasteiger partial charge on any atom is -0.507 e.